The van der Waals surface area contributed by atoms with E-state index in [1.807, 2.05) is 0 Å². The van der Waals surface area contributed by atoms with Gasteiger partial charge in [-0.25, -0.2) is 9.50 Å². The molecule has 0 bridgehead atoms. The SMILES string of the molecule is OCCOCCNc1nccn2nc(C(F)(F)F)cc12. The number of aliphatic hydroxyl groups is 1. The predicted molar refractivity (Wildman–Crippen MR) is 64.4 cm³/mol. The van der Waals surface area contributed by atoms with Gasteiger partial charge in [0.15, 0.2) is 11.5 Å². The van der Waals surface area contributed by atoms with Gasteiger partial charge in [0.2, 0.25) is 0 Å². The van der Waals surface area contributed by atoms with Gasteiger partial charge in [-0.3, -0.25) is 0 Å². The summed E-state index contributed by atoms with van der Waals surface area (Å²) in [5, 5.41) is 14.8. The lowest BCUT2D eigenvalue weighted by atomic mass is 10.3. The van der Waals surface area contributed by atoms with Crippen LogP contribution in [0.2, 0.25) is 0 Å². The molecule has 20 heavy (non-hydrogen) atoms. The molecule has 0 atom stereocenters. The molecule has 0 aliphatic heterocycles. The number of fused-ring (bicyclic) bond motifs is 1. The maximum Gasteiger partial charge on any atom is 0.435 e. The molecular formula is C11H13F3N4O2. The van der Waals surface area contributed by atoms with E-state index >= 15 is 0 Å². The van der Waals surface area contributed by atoms with Crippen molar-refractivity contribution in [3.8, 4) is 0 Å². The van der Waals surface area contributed by atoms with Gasteiger partial charge in [-0.05, 0) is 0 Å². The van der Waals surface area contributed by atoms with Crippen LogP contribution in [-0.2, 0) is 10.9 Å². The molecule has 2 rings (SSSR count). The predicted octanol–water partition coefficient (Wildman–Crippen LogP) is 1.17. The molecule has 110 valence electrons. The maximum atomic E-state index is 12.6. The second kappa shape index (κ2) is 6.06. The fraction of sp³-hybridized carbons (Fsp3) is 0.455. The van der Waals surface area contributed by atoms with Gasteiger partial charge in [0, 0.05) is 25.0 Å². The lowest BCUT2D eigenvalue weighted by Gasteiger charge is -2.06. The molecule has 0 aliphatic rings. The molecule has 0 unspecified atom stereocenters. The molecule has 0 saturated carbocycles. The molecule has 6 nitrogen and oxygen atoms in total. The molecule has 9 heteroatoms. The highest BCUT2D eigenvalue weighted by Crippen LogP contribution is 2.29. The number of hydrogen-bond donors (Lipinski definition) is 2. The fourth-order valence-electron chi connectivity index (χ4n) is 1.61. The van der Waals surface area contributed by atoms with E-state index < -0.39 is 11.9 Å². The Morgan fingerprint density at radius 2 is 2.15 bits per heavy atom. The Morgan fingerprint density at radius 3 is 2.85 bits per heavy atom. The van der Waals surface area contributed by atoms with E-state index in [1.54, 1.807) is 0 Å². The van der Waals surface area contributed by atoms with Gasteiger partial charge in [-0.2, -0.15) is 18.3 Å². The quantitative estimate of drug-likeness (QED) is 0.781. The first-order valence-electron chi connectivity index (χ1n) is 5.86. The number of rotatable bonds is 6. The van der Waals surface area contributed by atoms with Crippen LogP contribution in [-0.4, -0.2) is 46.1 Å². The number of aliphatic hydroxyl groups excluding tert-OH is 1. The summed E-state index contributed by atoms with van der Waals surface area (Å²) in [6, 6.07) is 0.934. The zero-order valence-electron chi connectivity index (χ0n) is 10.4. The summed E-state index contributed by atoms with van der Waals surface area (Å²) in [5.41, 5.74) is -0.730. The summed E-state index contributed by atoms with van der Waals surface area (Å²) in [6.45, 7) is 0.804. The minimum absolute atomic E-state index is 0.0780. The topological polar surface area (TPSA) is 71.7 Å². The smallest absolute Gasteiger partial charge is 0.394 e. The Hall–Kier alpha value is -1.87. The first-order valence-corrected chi connectivity index (χ1v) is 5.86. The second-order valence-corrected chi connectivity index (χ2v) is 3.90. The van der Waals surface area contributed by atoms with Crippen molar-refractivity contribution in [1.29, 1.82) is 0 Å². The van der Waals surface area contributed by atoms with E-state index in [9.17, 15) is 13.2 Å². The fourth-order valence-corrected chi connectivity index (χ4v) is 1.61. The van der Waals surface area contributed by atoms with Crippen molar-refractivity contribution in [2.75, 3.05) is 31.7 Å². The number of alkyl halides is 3. The van der Waals surface area contributed by atoms with Crippen molar-refractivity contribution in [2.45, 2.75) is 6.18 Å². The summed E-state index contributed by atoms with van der Waals surface area (Å²) < 4.78 is 43.9. The van der Waals surface area contributed by atoms with Gasteiger partial charge >= 0.3 is 6.18 Å². The summed E-state index contributed by atoms with van der Waals surface area (Å²) in [5.74, 6) is 0.295. The Balaban J connectivity index is 2.11. The van der Waals surface area contributed by atoms with Gasteiger partial charge in [0.1, 0.15) is 5.52 Å². The molecule has 0 amide bonds. The molecule has 2 N–H and O–H groups in total. The van der Waals surface area contributed by atoms with Crippen molar-refractivity contribution in [1.82, 2.24) is 14.6 Å². The van der Waals surface area contributed by atoms with Gasteiger partial charge in [0.05, 0.1) is 19.8 Å². The van der Waals surface area contributed by atoms with Gasteiger partial charge in [0.25, 0.3) is 0 Å². The molecule has 0 saturated heterocycles. The van der Waals surface area contributed by atoms with Crippen LogP contribution in [0.25, 0.3) is 5.52 Å². The molecule has 0 aliphatic carbocycles. The minimum Gasteiger partial charge on any atom is -0.394 e. The van der Waals surface area contributed by atoms with E-state index in [2.05, 4.69) is 15.4 Å². The lowest BCUT2D eigenvalue weighted by Crippen LogP contribution is -2.12. The third-order valence-electron chi connectivity index (χ3n) is 2.45. The van der Waals surface area contributed by atoms with Crippen molar-refractivity contribution in [3.05, 3.63) is 24.2 Å². The monoisotopic (exact) mass is 290 g/mol. The molecule has 0 fully saturated rings. The molecule has 0 aromatic carbocycles. The number of nitrogens with one attached hydrogen (secondary N) is 1. The average molecular weight is 290 g/mol. The van der Waals surface area contributed by atoms with Crippen LogP contribution < -0.4 is 5.32 Å². The van der Waals surface area contributed by atoms with E-state index in [1.165, 1.54) is 12.4 Å². The van der Waals surface area contributed by atoms with Gasteiger partial charge < -0.3 is 15.2 Å². The summed E-state index contributed by atoms with van der Waals surface area (Å²) >= 11 is 0. The second-order valence-electron chi connectivity index (χ2n) is 3.90. The lowest BCUT2D eigenvalue weighted by molar-refractivity contribution is -0.141. The number of aromatic nitrogens is 3. The average Bonchev–Trinajstić information content (AvgIpc) is 2.83. The first kappa shape index (κ1) is 14.5. The third-order valence-corrected chi connectivity index (χ3v) is 2.45. The van der Waals surface area contributed by atoms with Crippen molar-refractivity contribution in [2.24, 2.45) is 0 Å². The zero-order valence-corrected chi connectivity index (χ0v) is 10.4. The third kappa shape index (κ3) is 3.36. The van der Waals surface area contributed by atoms with E-state index in [0.29, 0.717) is 19.0 Å². The molecule has 2 heterocycles. The van der Waals surface area contributed by atoms with Crippen LogP contribution in [0.1, 0.15) is 5.69 Å². The van der Waals surface area contributed by atoms with E-state index in [0.717, 1.165) is 10.6 Å². The normalized spacial score (nSPS) is 12.0. The van der Waals surface area contributed by atoms with Crippen LogP contribution in [0.15, 0.2) is 18.5 Å². The number of halogens is 3. The van der Waals surface area contributed by atoms with Crippen LogP contribution in [0.5, 0.6) is 0 Å². The van der Waals surface area contributed by atoms with Crippen molar-refractivity contribution < 1.29 is 23.0 Å². The number of ether oxygens (including phenoxy) is 1. The summed E-state index contributed by atoms with van der Waals surface area (Å²) in [6.07, 6.45) is -1.79. The highest BCUT2D eigenvalue weighted by Gasteiger charge is 2.34. The van der Waals surface area contributed by atoms with E-state index in [4.69, 9.17) is 9.84 Å². The van der Waals surface area contributed by atoms with Gasteiger partial charge in [-0.1, -0.05) is 0 Å². The molecule has 0 radical (unpaired) electrons. The first-order chi connectivity index (χ1) is 9.52. The van der Waals surface area contributed by atoms with Crippen LogP contribution in [0, 0.1) is 0 Å². The Bertz CT molecular complexity index is 570. The summed E-state index contributed by atoms with van der Waals surface area (Å²) in [7, 11) is 0. The largest absolute Gasteiger partial charge is 0.435 e. The number of anilines is 1. The minimum atomic E-state index is -4.49. The molecule has 2 aromatic heterocycles. The highest BCUT2D eigenvalue weighted by atomic mass is 19.4. The van der Waals surface area contributed by atoms with Crippen molar-refractivity contribution in [3.63, 3.8) is 0 Å². The van der Waals surface area contributed by atoms with Crippen LogP contribution in [0.3, 0.4) is 0 Å². The Morgan fingerprint density at radius 1 is 1.35 bits per heavy atom. The Labute approximate surface area is 112 Å². The maximum absolute atomic E-state index is 12.6. The molecule has 0 spiro atoms. The summed E-state index contributed by atoms with van der Waals surface area (Å²) in [4.78, 5) is 3.98. The zero-order chi connectivity index (χ0) is 14.6. The molecule has 2 aromatic rings. The van der Waals surface area contributed by atoms with Crippen LogP contribution >= 0.6 is 0 Å². The number of hydrogen-bond acceptors (Lipinski definition) is 5. The van der Waals surface area contributed by atoms with Gasteiger partial charge in [-0.15, -0.1) is 0 Å². The molecular weight excluding hydrogens is 277 g/mol. The van der Waals surface area contributed by atoms with Crippen molar-refractivity contribution >= 4 is 11.3 Å². The standard InChI is InChI=1S/C11H13F3N4O2/c12-11(13,14)9-7-8-10(15-1-3-18(8)17-9)16-2-5-20-6-4-19/h1,3,7,19H,2,4-6H2,(H,15,16). The van der Waals surface area contributed by atoms with Crippen LogP contribution in [0.4, 0.5) is 19.0 Å². The Kier molecular flexibility index (Phi) is 4.40. The van der Waals surface area contributed by atoms with E-state index in [-0.39, 0.29) is 18.7 Å². The highest BCUT2D eigenvalue weighted by molar-refractivity contribution is 5.67. The number of nitrogens with zero attached hydrogens (tertiary/aromatic N) is 3.